The maximum atomic E-state index is 2.50. The van der Waals surface area contributed by atoms with Crippen LogP contribution in [0.3, 0.4) is 0 Å². The van der Waals surface area contributed by atoms with Crippen LogP contribution in [0.15, 0.2) is 23.8 Å². The SMILES string of the molecule is CCCCCC(CCCCC)C1C=CC(C)=CC1C. The largest absolute Gasteiger partial charge is 0.0803 e. The first-order chi connectivity index (χ1) is 9.19. The molecule has 0 aromatic carbocycles. The molecule has 0 aromatic heterocycles. The lowest BCUT2D eigenvalue weighted by atomic mass is 9.74. The van der Waals surface area contributed by atoms with Crippen LogP contribution in [-0.4, -0.2) is 0 Å². The van der Waals surface area contributed by atoms with Gasteiger partial charge in [0.15, 0.2) is 0 Å². The summed E-state index contributed by atoms with van der Waals surface area (Å²) in [4.78, 5) is 0. The Kier molecular flexibility index (Phi) is 8.18. The Bertz CT molecular complexity index is 274. The molecule has 0 amide bonds. The summed E-state index contributed by atoms with van der Waals surface area (Å²) in [5.41, 5.74) is 1.45. The van der Waals surface area contributed by atoms with Gasteiger partial charge in [0.2, 0.25) is 0 Å². The Hall–Kier alpha value is -0.520. The summed E-state index contributed by atoms with van der Waals surface area (Å²) in [7, 11) is 0. The van der Waals surface area contributed by atoms with Crippen molar-refractivity contribution in [1.29, 1.82) is 0 Å². The van der Waals surface area contributed by atoms with Crippen LogP contribution < -0.4 is 0 Å². The molecular weight excluding hydrogens is 228 g/mol. The van der Waals surface area contributed by atoms with E-state index in [4.69, 9.17) is 0 Å². The van der Waals surface area contributed by atoms with Crippen molar-refractivity contribution in [2.45, 2.75) is 79.1 Å². The number of hydrogen-bond acceptors (Lipinski definition) is 0. The van der Waals surface area contributed by atoms with Crippen LogP contribution in [0, 0.1) is 17.8 Å². The average molecular weight is 262 g/mol. The second kappa shape index (κ2) is 9.39. The first-order valence-corrected chi connectivity index (χ1v) is 8.55. The van der Waals surface area contributed by atoms with E-state index in [2.05, 4.69) is 45.9 Å². The molecule has 0 N–H and O–H groups in total. The number of unbranched alkanes of at least 4 members (excludes halogenated alkanes) is 4. The van der Waals surface area contributed by atoms with Crippen molar-refractivity contribution in [3.05, 3.63) is 23.8 Å². The van der Waals surface area contributed by atoms with Crippen molar-refractivity contribution >= 4 is 0 Å². The topological polar surface area (TPSA) is 0 Å². The van der Waals surface area contributed by atoms with Crippen molar-refractivity contribution in [3.8, 4) is 0 Å². The fourth-order valence-electron chi connectivity index (χ4n) is 3.45. The highest BCUT2D eigenvalue weighted by Crippen LogP contribution is 2.35. The average Bonchev–Trinajstić information content (AvgIpc) is 2.38. The quantitative estimate of drug-likeness (QED) is 0.414. The zero-order valence-electron chi connectivity index (χ0n) is 13.6. The normalized spacial score (nSPS) is 22.9. The third-order valence-corrected chi connectivity index (χ3v) is 4.62. The van der Waals surface area contributed by atoms with E-state index in [1.54, 1.807) is 0 Å². The van der Waals surface area contributed by atoms with Crippen molar-refractivity contribution in [2.75, 3.05) is 0 Å². The van der Waals surface area contributed by atoms with Crippen LogP contribution in [0.5, 0.6) is 0 Å². The maximum Gasteiger partial charge on any atom is -0.0141 e. The minimum Gasteiger partial charge on any atom is -0.0803 e. The van der Waals surface area contributed by atoms with Gasteiger partial charge in [-0.25, -0.2) is 0 Å². The Morgan fingerprint density at radius 3 is 2.05 bits per heavy atom. The maximum absolute atomic E-state index is 2.50. The Labute approximate surface area is 121 Å². The number of allylic oxidation sites excluding steroid dienone is 4. The van der Waals surface area contributed by atoms with Gasteiger partial charge in [0, 0.05) is 0 Å². The van der Waals surface area contributed by atoms with Crippen LogP contribution in [0.2, 0.25) is 0 Å². The zero-order valence-corrected chi connectivity index (χ0v) is 13.6. The molecule has 0 saturated carbocycles. The molecule has 1 aliphatic rings. The second-order valence-electron chi connectivity index (χ2n) is 6.46. The van der Waals surface area contributed by atoms with Gasteiger partial charge in [-0.3, -0.25) is 0 Å². The van der Waals surface area contributed by atoms with Gasteiger partial charge < -0.3 is 0 Å². The molecule has 0 heterocycles. The summed E-state index contributed by atoms with van der Waals surface area (Å²) >= 11 is 0. The van der Waals surface area contributed by atoms with E-state index in [1.807, 2.05) is 0 Å². The van der Waals surface area contributed by atoms with E-state index in [9.17, 15) is 0 Å². The van der Waals surface area contributed by atoms with E-state index >= 15 is 0 Å². The molecular formula is C19H34. The van der Waals surface area contributed by atoms with Gasteiger partial charge in [0.1, 0.15) is 0 Å². The summed E-state index contributed by atoms with van der Waals surface area (Å²) in [6.45, 7) is 9.25. The van der Waals surface area contributed by atoms with Crippen LogP contribution >= 0.6 is 0 Å². The highest BCUT2D eigenvalue weighted by Gasteiger charge is 2.24. The molecule has 110 valence electrons. The molecule has 0 spiro atoms. The van der Waals surface area contributed by atoms with Gasteiger partial charge in [0.25, 0.3) is 0 Å². The lowest BCUT2D eigenvalue weighted by Crippen LogP contribution is -2.21. The Morgan fingerprint density at radius 1 is 1.00 bits per heavy atom. The Balaban J connectivity index is 2.53. The molecule has 0 fully saturated rings. The van der Waals surface area contributed by atoms with Gasteiger partial charge in [-0.15, -0.1) is 0 Å². The van der Waals surface area contributed by atoms with Gasteiger partial charge in [0.05, 0.1) is 0 Å². The van der Waals surface area contributed by atoms with Crippen molar-refractivity contribution < 1.29 is 0 Å². The minimum atomic E-state index is 0.734. The smallest absolute Gasteiger partial charge is 0.0141 e. The van der Waals surface area contributed by atoms with Crippen molar-refractivity contribution in [2.24, 2.45) is 17.8 Å². The molecule has 0 nitrogen and oxygen atoms in total. The van der Waals surface area contributed by atoms with Gasteiger partial charge in [-0.05, 0) is 37.5 Å². The molecule has 1 aliphatic carbocycles. The molecule has 19 heavy (non-hydrogen) atoms. The third kappa shape index (κ3) is 5.97. The molecule has 0 aliphatic heterocycles. The second-order valence-corrected chi connectivity index (χ2v) is 6.46. The van der Waals surface area contributed by atoms with Gasteiger partial charge in [-0.2, -0.15) is 0 Å². The number of rotatable bonds is 9. The molecule has 0 heteroatoms. The summed E-state index contributed by atoms with van der Waals surface area (Å²) in [5.74, 6) is 2.43. The minimum absolute atomic E-state index is 0.734. The van der Waals surface area contributed by atoms with E-state index in [0.29, 0.717) is 0 Å². The summed E-state index contributed by atoms with van der Waals surface area (Å²) < 4.78 is 0. The molecule has 2 unspecified atom stereocenters. The van der Waals surface area contributed by atoms with Crippen molar-refractivity contribution in [1.82, 2.24) is 0 Å². The summed E-state index contributed by atoms with van der Waals surface area (Å²) in [5, 5.41) is 0. The van der Waals surface area contributed by atoms with E-state index < -0.39 is 0 Å². The van der Waals surface area contributed by atoms with Crippen LogP contribution in [-0.2, 0) is 0 Å². The first-order valence-electron chi connectivity index (χ1n) is 8.55. The fourth-order valence-corrected chi connectivity index (χ4v) is 3.45. The van der Waals surface area contributed by atoms with Crippen LogP contribution in [0.1, 0.15) is 79.1 Å². The van der Waals surface area contributed by atoms with Gasteiger partial charge in [-0.1, -0.05) is 83.1 Å². The molecule has 2 atom stereocenters. The highest BCUT2D eigenvalue weighted by molar-refractivity contribution is 5.23. The van der Waals surface area contributed by atoms with Crippen molar-refractivity contribution in [3.63, 3.8) is 0 Å². The first kappa shape index (κ1) is 16.5. The predicted octanol–water partition coefficient (Wildman–Crippen LogP) is 6.53. The van der Waals surface area contributed by atoms with E-state index in [0.717, 1.165) is 17.8 Å². The predicted molar refractivity (Wildman–Crippen MR) is 87.3 cm³/mol. The zero-order chi connectivity index (χ0) is 14.1. The Morgan fingerprint density at radius 2 is 1.58 bits per heavy atom. The van der Waals surface area contributed by atoms with Crippen LogP contribution in [0.4, 0.5) is 0 Å². The standard InChI is InChI=1S/C19H34/c1-5-7-9-11-18(12-10-8-6-2)19-14-13-16(3)15-17(19)4/h13-15,17-19H,5-12H2,1-4H3. The third-order valence-electron chi connectivity index (χ3n) is 4.62. The molecule has 0 radical (unpaired) electrons. The monoisotopic (exact) mass is 262 g/mol. The molecule has 1 rings (SSSR count). The summed E-state index contributed by atoms with van der Waals surface area (Å²) in [6, 6.07) is 0. The van der Waals surface area contributed by atoms with E-state index in [1.165, 1.54) is 56.9 Å². The lowest BCUT2D eigenvalue weighted by molar-refractivity contribution is 0.278. The fraction of sp³-hybridized carbons (Fsp3) is 0.789. The molecule has 0 aromatic rings. The molecule has 0 bridgehead atoms. The highest BCUT2D eigenvalue weighted by atomic mass is 14.3. The molecule has 0 saturated heterocycles. The van der Waals surface area contributed by atoms with Gasteiger partial charge >= 0.3 is 0 Å². The lowest BCUT2D eigenvalue weighted by Gasteiger charge is -2.31. The van der Waals surface area contributed by atoms with E-state index in [-0.39, 0.29) is 0 Å². The summed E-state index contributed by atoms with van der Waals surface area (Å²) in [6.07, 6.45) is 18.5. The van der Waals surface area contributed by atoms with Crippen LogP contribution in [0.25, 0.3) is 0 Å². The number of hydrogen-bond donors (Lipinski definition) is 0.